The third-order valence-corrected chi connectivity index (χ3v) is 3.13. The monoisotopic (exact) mass is 291 g/mol. The molecule has 2 aromatic heterocycles. The molecule has 2 aromatic rings. The highest BCUT2D eigenvalue weighted by Crippen LogP contribution is 2.08. The number of nitrogens with zero attached hydrogens (tertiary/aromatic N) is 5. The van der Waals surface area contributed by atoms with Gasteiger partial charge in [-0.1, -0.05) is 6.92 Å². The minimum absolute atomic E-state index is 0.0105. The van der Waals surface area contributed by atoms with Gasteiger partial charge in [0.05, 0.1) is 5.92 Å². The lowest BCUT2D eigenvalue weighted by molar-refractivity contribution is -0.141. The molecule has 0 aliphatic rings. The van der Waals surface area contributed by atoms with Crippen molar-refractivity contribution in [2.75, 3.05) is 13.6 Å². The Morgan fingerprint density at radius 1 is 1.38 bits per heavy atom. The topological polar surface area (TPSA) is 101 Å². The highest BCUT2D eigenvalue weighted by molar-refractivity contribution is 5.91. The third kappa shape index (κ3) is 2.99. The average Bonchev–Trinajstić information content (AvgIpc) is 2.81. The van der Waals surface area contributed by atoms with E-state index in [2.05, 4.69) is 15.1 Å². The zero-order valence-corrected chi connectivity index (χ0v) is 12.4. The Hall–Kier alpha value is -2.51. The number of carbonyl (C=O) groups is 2. The Balaban J connectivity index is 2.27. The van der Waals surface area contributed by atoms with Crippen LogP contribution in [-0.4, -0.2) is 55.1 Å². The minimum atomic E-state index is -0.953. The van der Waals surface area contributed by atoms with Crippen molar-refractivity contribution in [3.63, 3.8) is 0 Å². The van der Waals surface area contributed by atoms with E-state index in [4.69, 9.17) is 5.11 Å². The SMILES string of the molecule is Cc1cc(C)n2nc(C(=O)N(C)CC(C)C(=O)O)nc2n1. The second-order valence-corrected chi connectivity index (χ2v) is 5.11. The maximum atomic E-state index is 12.2. The Kier molecular flexibility index (Phi) is 3.88. The highest BCUT2D eigenvalue weighted by Gasteiger charge is 2.22. The molecular formula is C13H17N5O3. The number of carbonyl (C=O) groups excluding carboxylic acids is 1. The zero-order valence-electron chi connectivity index (χ0n) is 12.4. The number of aromatic nitrogens is 4. The van der Waals surface area contributed by atoms with E-state index >= 15 is 0 Å². The van der Waals surface area contributed by atoms with E-state index in [0.29, 0.717) is 5.78 Å². The Morgan fingerprint density at radius 2 is 2.05 bits per heavy atom. The van der Waals surface area contributed by atoms with Crippen LogP contribution in [0.15, 0.2) is 6.07 Å². The summed E-state index contributed by atoms with van der Waals surface area (Å²) in [5, 5.41) is 13.0. The molecule has 2 heterocycles. The van der Waals surface area contributed by atoms with E-state index < -0.39 is 17.8 Å². The van der Waals surface area contributed by atoms with Crippen LogP contribution in [0.4, 0.5) is 0 Å². The summed E-state index contributed by atoms with van der Waals surface area (Å²) in [6.07, 6.45) is 0. The molecule has 0 aromatic carbocycles. The van der Waals surface area contributed by atoms with Crippen LogP contribution in [0.3, 0.4) is 0 Å². The molecule has 0 radical (unpaired) electrons. The molecule has 0 aliphatic carbocycles. The third-order valence-electron chi connectivity index (χ3n) is 3.13. The van der Waals surface area contributed by atoms with Gasteiger partial charge < -0.3 is 10.0 Å². The minimum Gasteiger partial charge on any atom is -0.481 e. The molecule has 21 heavy (non-hydrogen) atoms. The second kappa shape index (κ2) is 5.47. The molecule has 1 unspecified atom stereocenters. The van der Waals surface area contributed by atoms with E-state index in [1.165, 1.54) is 23.4 Å². The van der Waals surface area contributed by atoms with Crippen molar-refractivity contribution in [3.05, 3.63) is 23.3 Å². The Labute approximate surface area is 121 Å². The average molecular weight is 291 g/mol. The van der Waals surface area contributed by atoms with Gasteiger partial charge in [-0.2, -0.15) is 4.98 Å². The first-order valence-corrected chi connectivity index (χ1v) is 6.49. The number of hydrogen-bond donors (Lipinski definition) is 1. The van der Waals surface area contributed by atoms with Crippen molar-refractivity contribution in [2.24, 2.45) is 5.92 Å². The van der Waals surface area contributed by atoms with Gasteiger partial charge in [-0.15, -0.1) is 5.10 Å². The van der Waals surface area contributed by atoms with Crippen LogP contribution in [-0.2, 0) is 4.79 Å². The van der Waals surface area contributed by atoms with Crippen LogP contribution in [0, 0.1) is 19.8 Å². The molecule has 0 spiro atoms. The summed E-state index contributed by atoms with van der Waals surface area (Å²) in [5.41, 5.74) is 1.62. The lowest BCUT2D eigenvalue weighted by Crippen LogP contribution is -2.34. The number of rotatable bonds is 4. The predicted molar refractivity (Wildman–Crippen MR) is 74.0 cm³/mol. The summed E-state index contributed by atoms with van der Waals surface area (Å²) < 4.78 is 1.49. The molecule has 0 aliphatic heterocycles. The van der Waals surface area contributed by atoms with E-state index in [-0.39, 0.29) is 12.4 Å². The van der Waals surface area contributed by atoms with Gasteiger partial charge in [0.25, 0.3) is 11.7 Å². The molecule has 1 N–H and O–H groups in total. The second-order valence-electron chi connectivity index (χ2n) is 5.11. The van der Waals surface area contributed by atoms with Crippen LogP contribution < -0.4 is 0 Å². The summed E-state index contributed by atoms with van der Waals surface area (Å²) >= 11 is 0. The van der Waals surface area contributed by atoms with Crippen molar-refractivity contribution < 1.29 is 14.7 Å². The smallest absolute Gasteiger partial charge is 0.308 e. The van der Waals surface area contributed by atoms with Crippen molar-refractivity contribution in [1.29, 1.82) is 0 Å². The quantitative estimate of drug-likeness (QED) is 0.882. The van der Waals surface area contributed by atoms with E-state index in [0.717, 1.165) is 11.4 Å². The lowest BCUT2D eigenvalue weighted by atomic mass is 10.2. The van der Waals surface area contributed by atoms with Crippen molar-refractivity contribution >= 4 is 17.7 Å². The van der Waals surface area contributed by atoms with Gasteiger partial charge in [0.15, 0.2) is 0 Å². The van der Waals surface area contributed by atoms with Crippen molar-refractivity contribution in [2.45, 2.75) is 20.8 Å². The fraction of sp³-hybridized carbons (Fsp3) is 0.462. The number of carboxylic acids is 1. The first-order chi connectivity index (χ1) is 9.79. The van der Waals surface area contributed by atoms with Gasteiger partial charge in [0, 0.05) is 25.0 Å². The Morgan fingerprint density at radius 3 is 2.67 bits per heavy atom. The molecule has 8 heteroatoms. The summed E-state index contributed by atoms with van der Waals surface area (Å²) in [5.74, 6) is -1.67. The molecule has 0 bridgehead atoms. The number of amides is 1. The molecule has 0 fully saturated rings. The van der Waals surface area contributed by atoms with Crippen molar-refractivity contribution in [1.82, 2.24) is 24.5 Å². The van der Waals surface area contributed by atoms with Crippen LogP contribution in [0.25, 0.3) is 5.78 Å². The fourth-order valence-corrected chi connectivity index (χ4v) is 2.00. The van der Waals surface area contributed by atoms with E-state index in [1.807, 2.05) is 19.9 Å². The number of aryl methyl sites for hydroxylation is 2. The summed E-state index contributed by atoms with van der Waals surface area (Å²) in [7, 11) is 1.53. The zero-order chi connectivity index (χ0) is 15.7. The summed E-state index contributed by atoms with van der Waals surface area (Å²) in [6.45, 7) is 5.32. The number of hydrogen-bond acceptors (Lipinski definition) is 5. The molecule has 0 saturated carbocycles. The molecule has 2 rings (SSSR count). The van der Waals surface area contributed by atoms with Gasteiger partial charge in [-0.05, 0) is 19.9 Å². The number of carboxylic acid groups (broad SMARTS) is 1. The standard InChI is InChI=1S/C13H17N5O3/c1-7(12(20)21)6-17(4)11(19)10-15-13-14-8(2)5-9(3)18(13)16-10/h5,7H,6H2,1-4H3,(H,20,21). The lowest BCUT2D eigenvalue weighted by Gasteiger charge is -2.17. The molecule has 112 valence electrons. The summed E-state index contributed by atoms with van der Waals surface area (Å²) in [6, 6.07) is 1.84. The van der Waals surface area contributed by atoms with Crippen LogP contribution in [0.1, 0.15) is 28.9 Å². The molecule has 1 atom stereocenters. The van der Waals surface area contributed by atoms with Crippen molar-refractivity contribution in [3.8, 4) is 0 Å². The summed E-state index contributed by atoms with van der Waals surface area (Å²) in [4.78, 5) is 32.7. The number of aliphatic carboxylic acids is 1. The van der Waals surface area contributed by atoms with Gasteiger partial charge >= 0.3 is 5.97 Å². The van der Waals surface area contributed by atoms with Gasteiger partial charge in [-0.25, -0.2) is 9.50 Å². The fourth-order valence-electron chi connectivity index (χ4n) is 2.00. The maximum Gasteiger partial charge on any atom is 0.308 e. The van der Waals surface area contributed by atoms with Gasteiger partial charge in [0.1, 0.15) is 0 Å². The van der Waals surface area contributed by atoms with Crippen LogP contribution in [0.5, 0.6) is 0 Å². The molecular weight excluding hydrogens is 274 g/mol. The molecule has 8 nitrogen and oxygen atoms in total. The first-order valence-electron chi connectivity index (χ1n) is 6.49. The van der Waals surface area contributed by atoms with Crippen LogP contribution in [0.2, 0.25) is 0 Å². The largest absolute Gasteiger partial charge is 0.481 e. The maximum absolute atomic E-state index is 12.2. The van der Waals surface area contributed by atoms with E-state index in [9.17, 15) is 9.59 Å². The predicted octanol–water partition coefficient (Wildman–Crippen LogP) is 0.534. The first kappa shape index (κ1) is 14.9. The number of fused-ring (bicyclic) bond motifs is 1. The van der Waals surface area contributed by atoms with E-state index in [1.54, 1.807) is 0 Å². The van der Waals surface area contributed by atoms with Gasteiger partial charge in [-0.3, -0.25) is 9.59 Å². The molecule has 0 saturated heterocycles. The normalized spacial score (nSPS) is 12.4. The van der Waals surface area contributed by atoms with Crippen LogP contribution >= 0.6 is 0 Å². The highest BCUT2D eigenvalue weighted by atomic mass is 16.4. The Bertz CT molecular complexity index is 709. The van der Waals surface area contributed by atoms with Gasteiger partial charge in [0.2, 0.25) is 5.82 Å². The molecule has 1 amide bonds.